The number of esters is 2. The van der Waals surface area contributed by atoms with Crippen LogP contribution in [-0.2, 0) is 19.1 Å². The molecule has 2 N–H and O–H groups in total. The first-order valence-corrected chi connectivity index (χ1v) is 6.46. The van der Waals surface area contributed by atoms with Gasteiger partial charge in [-0.05, 0) is 23.3 Å². The molecule has 118 valence electrons. The van der Waals surface area contributed by atoms with Crippen LogP contribution in [0.1, 0.15) is 23.3 Å². The molecule has 0 amide bonds. The molecule has 0 aliphatic carbocycles. The van der Waals surface area contributed by atoms with Crippen LogP contribution in [0.3, 0.4) is 0 Å². The maximum atomic E-state index is 10.9. The Morgan fingerprint density at radius 2 is 1.18 bits per heavy atom. The van der Waals surface area contributed by atoms with Gasteiger partial charge in [0, 0.05) is 12.2 Å². The number of benzene rings is 1. The molecule has 2 unspecified atom stereocenters. The number of hydrogen-bond donors (Lipinski definition) is 2. The van der Waals surface area contributed by atoms with Gasteiger partial charge in [-0.25, -0.2) is 9.59 Å². The first-order chi connectivity index (χ1) is 10.5. The van der Waals surface area contributed by atoms with E-state index in [1.807, 2.05) is 0 Å². The van der Waals surface area contributed by atoms with Crippen molar-refractivity contribution in [3.63, 3.8) is 0 Å². The van der Waals surface area contributed by atoms with Gasteiger partial charge < -0.3 is 19.7 Å². The molecule has 6 heteroatoms. The van der Waals surface area contributed by atoms with E-state index in [1.165, 1.54) is 26.4 Å². The first kappa shape index (κ1) is 17.6. The average Bonchev–Trinajstić information content (AvgIpc) is 2.56. The Morgan fingerprint density at radius 1 is 0.864 bits per heavy atom. The highest BCUT2D eigenvalue weighted by atomic mass is 16.5. The second-order valence-corrected chi connectivity index (χ2v) is 4.32. The summed E-state index contributed by atoms with van der Waals surface area (Å²) in [4.78, 5) is 21.9. The lowest BCUT2D eigenvalue weighted by Crippen LogP contribution is -2.00. The van der Waals surface area contributed by atoms with Gasteiger partial charge in [0.15, 0.2) is 0 Å². The van der Waals surface area contributed by atoms with Crippen LogP contribution in [0, 0.1) is 0 Å². The van der Waals surface area contributed by atoms with Crippen LogP contribution in [0.5, 0.6) is 0 Å². The van der Waals surface area contributed by atoms with Crippen LogP contribution in [0.15, 0.2) is 48.6 Å². The van der Waals surface area contributed by atoms with Gasteiger partial charge in [-0.1, -0.05) is 24.3 Å². The fourth-order valence-corrected chi connectivity index (χ4v) is 1.59. The molecule has 0 radical (unpaired) electrons. The van der Waals surface area contributed by atoms with E-state index in [4.69, 9.17) is 0 Å². The molecular weight excluding hydrogens is 288 g/mol. The van der Waals surface area contributed by atoms with Crippen LogP contribution in [0.2, 0.25) is 0 Å². The van der Waals surface area contributed by atoms with E-state index in [2.05, 4.69) is 9.47 Å². The van der Waals surface area contributed by atoms with E-state index in [1.54, 1.807) is 24.3 Å². The highest BCUT2D eigenvalue weighted by molar-refractivity contribution is 5.82. The predicted octanol–water partition coefficient (Wildman–Crippen LogP) is 1.21. The van der Waals surface area contributed by atoms with Gasteiger partial charge in [0.05, 0.1) is 26.4 Å². The first-order valence-electron chi connectivity index (χ1n) is 6.46. The lowest BCUT2D eigenvalue weighted by molar-refractivity contribution is -0.135. The molecule has 0 fully saturated rings. The van der Waals surface area contributed by atoms with Crippen molar-refractivity contribution < 1.29 is 29.3 Å². The molecule has 0 saturated carbocycles. The number of hydrogen-bond acceptors (Lipinski definition) is 6. The Labute approximate surface area is 128 Å². The van der Waals surface area contributed by atoms with Crippen molar-refractivity contribution in [1.82, 2.24) is 0 Å². The maximum Gasteiger partial charge on any atom is 0.330 e. The molecule has 6 nitrogen and oxygen atoms in total. The molecule has 1 rings (SSSR count). The number of rotatable bonds is 6. The summed E-state index contributed by atoms with van der Waals surface area (Å²) in [6, 6.07) is 6.43. The normalized spacial score (nSPS) is 14.0. The van der Waals surface area contributed by atoms with Crippen LogP contribution >= 0.6 is 0 Å². The minimum atomic E-state index is -0.962. The summed E-state index contributed by atoms with van der Waals surface area (Å²) in [5, 5.41) is 19.7. The van der Waals surface area contributed by atoms with E-state index in [-0.39, 0.29) is 0 Å². The van der Waals surface area contributed by atoms with Gasteiger partial charge in [0.1, 0.15) is 0 Å². The molecule has 0 saturated heterocycles. The zero-order chi connectivity index (χ0) is 16.5. The number of carbonyl (C=O) groups is 2. The fourth-order valence-electron chi connectivity index (χ4n) is 1.59. The van der Waals surface area contributed by atoms with Gasteiger partial charge in [-0.2, -0.15) is 0 Å². The second-order valence-electron chi connectivity index (χ2n) is 4.32. The quantitative estimate of drug-likeness (QED) is 0.606. The van der Waals surface area contributed by atoms with Crippen LogP contribution in [-0.4, -0.2) is 36.4 Å². The van der Waals surface area contributed by atoms with Crippen molar-refractivity contribution in [1.29, 1.82) is 0 Å². The van der Waals surface area contributed by atoms with Crippen molar-refractivity contribution in [2.24, 2.45) is 0 Å². The third-order valence-electron chi connectivity index (χ3n) is 2.85. The molecule has 2 atom stereocenters. The third kappa shape index (κ3) is 5.51. The van der Waals surface area contributed by atoms with Crippen LogP contribution < -0.4 is 0 Å². The van der Waals surface area contributed by atoms with E-state index in [0.29, 0.717) is 11.1 Å². The number of carbonyl (C=O) groups excluding carboxylic acids is 2. The van der Waals surface area contributed by atoms with Crippen molar-refractivity contribution in [2.45, 2.75) is 12.2 Å². The molecule has 0 spiro atoms. The second kappa shape index (κ2) is 8.76. The molecule has 22 heavy (non-hydrogen) atoms. The lowest BCUT2D eigenvalue weighted by atomic mass is 10.0. The molecule has 0 aliphatic heterocycles. The summed E-state index contributed by atoms with van der Waals surface area (Å²) < 4.78 is 8.85. The summed E-state index contributed by atoms with van der Waals surface area (Å²) in [6.45, 7) is 0. The number of methoxy groups -OCH3 is 2. The predicted molar refractivity (Wildman–Crippen MR) is 78.7 cm³/mol. The zero-order valence-corrected chi connectivity index (χ0v) is 12.3. The monoisotopic (exact) mass is 306 g/mol. The molecule has 0 aromatic heterocycles. The Bertz CT molecular complexity index is 508. The van der Waals surface area contributed by atoms with E-state index < -0.39 is 24.1 Å². The molecule has 0 heterocycles. The molecule has 0 aliphatic rings. The Balaban J connectivity index is 2.73. The minimum absolute atomic E-state index is 0.549. The van der Waals surface area contributed by atoms with Gasteiger partial charge >= 0.3 is 11.9 Å². The summed E-state index contributed by atoms with van der Waals surface area (Å²) in [5.41, 5.74) is 1.10. The molecule has 1 aromatic carbocycles. The van der Waals surface area contributed by atoms with Gasteiger partial charge in [-0.3, -0.25) is 0 Å². The summed E-state index contributed by atoms with van der Waals surface area (Å²) in [7, 11) is 2.49. The Morgan fingerprint density at radius 3 is 1.45 bits per heavy atom. The maximum absolute atomic E-state index is 10.9. The lowest BCUT2D eigenvalue weighted by Gasteiger charge is -2.09. The zero-order valence-electron chi connectivity index (χ0n) is 12.3. The Kier molecular flexibility index (Phi) is 7.01. The van der Waals surface area contributed by atoms with Gasteiger partial charge in [-0.15, -0.1) is 0 Å². The highest BCUT2D eigenvalue weighted by Gasteiger charge is 2.08. The standard InChI is InChI=1S/C16H18O6/c1-21-15(19)9-7-13(17)11-3-5-12(6-4-11)14(18)8-10-16(20)22-2/h3-10,13-14,17-18H,1-2H3/b9-7+,10-8+. The number of ether oxygens (including phenoxy) is 2. The van der Waals surface area contributed by atoms with Crippen LogP contribution in [0.4, 0.5) is 0 Å². The van der Waals surface area contributed by atoms with Crippen LogP contribution in [0.25, 0.3) is 0 Å². The van der Waals surface area contributed by atoms with E-state index in [9.17, 15) is 19.8 Å². The molecule has 1 aromatic rings. The Hall–Kier alpha value is -2.44. The largest absolute Gasteiger partial charge is 0.466 e. The summed E-state index contributed by atoms with van der Waals surface area (Å²) in [5.74, 6) is -1.11. The summed E-state index contributed by atoms with van der Waals surface area (Å²) >= 11 is 0. The van der Waals surface area contributed by atoms with Gasteiger partial charge in [0.25, 0.3) is 0 Å². The van der Waals surface area contributed by atoms with Gasteiger partial charge in [0.2, 0.25) is 0 Å². The smallest absolute Gasteiger partial charge is 0.330 e. The molecule has 0 bridgehead atoms. The van der Waals surface area contributed by atoms with E-state index in [0.717, 1.165) is 12.2 Å². The average molecular weight is 306 g/mol. The van der Waals surface area contributed by atoms with Crippen molar-refractivity contribution in [3.8, 4) is 0 Å². The van der Waals surface area contributed by atoms with Crippen molar-refractivity contribution >= 4 is 11.9 Å². The highest BCUT2D eigenvalue weighted by Crippen LogP contribution is 2.19. The third-order valence-corrected chi connectivity index (χ3v) is 2.85. The van der Waals surface area contributed by atoms with E-state index >= 15 is 0 Å². The number of aliphatic hydroxyl groups is 2. The van der Waals surface area contributed by atoms with Crippen molar-refractivity contribution in [2.75, 3.05) is 14.2 Å². The SMILES string of the molecule is COC(=O)/C=C/C(O)c1ccc(C(O)/C=C/C(=O)OC)cc1. The topological polar surface area (TPSA) is 93.1 Å². The summed E-state index contributed by atoms with van der Waals surface area (Å²) in [6.07, 6.45) is 2.94. The minimum Gasteiger partial charge on any atom is -0.466 e. The molecular formula is C16H18O6. The fraction of sp³-hybridized carbons (Fsp3) is 0.250. The number of aliphatic hydroxyl groups excluding tert-OH is 2. The van der Waals surface area contributed by atoms with Crippen molar-refractivity contribution in [3.05, 3.63) is 59.7 Å².